The molecule has 7 heteroatoms. The summed E-state index contributed by atoms with van der Waals surface area (Å²) in [6, 6.07) is 4.69. The first-order chi connectivity index (χ1) is 9.53. The Hall–Kier alpha value is -2.12. The van der Waals surface area contributed by atoms with E-state index in [1.165, 1.54) is 21.1 Å². The first-order valence-corrected chi connectivity index (χ1v) is 5.88. The van der Waals surface area contributed by atoms with Crippen LogP contribution in [-0.2, 0) is 9.53 Å². The molecule has 0 aliphatic carbocycles. The number of ketones is 1. The number of rotatable bonds is 7. The molecule has 0 bridgehead atoms. The highest BCUT2D eigenvalue weighted by Gasteiger charge is 2.21. The molecule has 0 spiro atoms. The molecule has 0 radical (unpaired) electrons. The maximum Gasteiger partial charge on any atom is 0.277 e. The lowest BCUT2D eigenvalue weighted by molar-refractivity contribution is -0.130. The van der Waals surface area contributed by atoms with Gasteiger partial charge in [0.2, 0.25) is 6.10 Å². The first-order valence-electron chi connectivity index (χ1n) is 5.88. The minimum atomic E-state index is -0.915. The predicted molar refractivity (Wildman–Crippen MR) is 71.6 cm³/mol. The smallest absolute Gasteiger partial charge is 0.277 e. The summed E-state index contributed by atoms with van der Waals surface area (Å²) in [5.74, 6) is 5.14. The van der Waals surface area contributed by atoms with Crippen molar-refractivity contribution in [1.29, 1.82) is 0 Å². The summed E-state index contributed by atoms with van der Waals surface area (Å²) in [4.78, 5) is 22.9. The Labute approximate surface area is 117 Å². The van der Waals surface area contributed by atoms with Crippen LogP contribution in [0.3, 0.4) is 0 Å². The fraction of sp³-hybridized carbons (Fsp3) is 0.385. The number of hydrogen-bond donors (Lipinski definition) is 2. The zero-order valence-corrected chi connectivity index (χ0v) is 11.6. The number of benzene rings is 1. The largest absolute Gasteiger partial charge is 0.493 e. The lowest BCUT2D eigenvalue weighted by Crippen LogP contribution is -2.44. The molecule has 1 atom stereocenters. The normalized spacial score (nSPS) is 11.6. The number of hydrogen-bond acceptors (Lipinski definition) is 6. The Morgan fingerprint density at radius 1 is 1.30 bits per heavy atom. The van der Waals surface area contributed by atoms with Gasteiger partial charge in [-0.15, -0.1) is 0 Å². The van der Waals surface area contributed by atoms with Crippen LogP contribution in [0.15, 0.2) is 18.2 Å². The predicted octanol–water partition coefficient (Wildman–Crippen LogP) is 0.282. The van der Waals surface area contributed by atoms with Gasteiger partial charge in [-0.05, 0) is 25.1 Å². The molecular formula is C13H18N2O5. The Kier molecular flexibility index (Phi) is 5.95. The molecule has 1 unspecified atom stereocenters. The molecule has 0 aliphatic rings. The van der Waals surface area contributed by atoms with Gasteiger partial charge in [0.25, 0.3) is 5.91 Å². The summed E-state index contributed by atoms with van der Waals surface area (Å²) in [5, 5.41) is 0. The van der Waals surface area contributed by atoms with Crippen molar-refractivity contribution in [2.24, 2.45) is 5.84 Å². The van der Waals surface area contributed by atoms with Gasteiger partial charge in [0.1, 0.15) is 0 Å². The summed E-state index contributed by atoms with van der Waals surface area (Å²) in [7, 11) is 2.89. The number of methoxy groups -OCH3 is 2. The molecule has 20 heavy (non-hydrogen) atoms. The molecule has 3 N–H and O–H groups in total. The molecule has 1 rings (SSSR count). The van der Waals surface area contributed by atoms with E-state index in [0.29, 0.717) is 17.1 Å². The molecular weight excluding hydrogens is 264 g/mol. The Morgan fingerprint density at radius 2 is 2.00 bits per heavy atom. The Balaban J connectivity index is 3.00. The molecule has 0 heterocycles. The highest BCUT2D eigenvalue weighted by Crippen LogP contribution is 2.29. The van der Waals surface area contributed by atoms with E-state index in [1.54, 1.807) is 18.2 Å². The molecule has 7 nitrogen and oxygen atoms in total. The van der Waals surface area contributed by atoms with E-state index >= 15 is 0 Å². The van der Waals surface area contributed by atoms with Gasteiger partial charge in [-0.25, -0.2) is 5.84 Å². The summed E-state index contributed by atoms with van der Waals surface area (Å²) in [5.41, 5.74) is 2.49. The number of carbonyl (C=O) groups excluding carboxylic acids is 2. The minimum absolute atomic E-state index is 0.0284. The summed E-state index contributed by atoms with van der Waals surface area (Å²) >= 11 is 0. The van der Waals surface area contributed by atoms with Crippen molar-refractivity contribution >= 4 is 11.7 Å². The quantitative estimate of drug-likeness (QED) is 0.322. The summed E-state index contributed by atoms with van der Waals surface area (Å²) < 4.78 is 15.6. The molecule has 1 aromatic carbocycles. The number of hydrazine groups is 1. The van der Waals surface area contributed by atoms with Gasteiger partial charge in [-0.3, -0.25) is 15.0 Å². The second kappa shape index (κ2) is 7.46. The van der Waals surface area contributed by atoms with Crippen LogP contribution in [0.4, 0.5) is 0 Å². The van der Waals surface area contributed by atoms with Crippen LogP contribution < -0.4 is 20.7 Å². The van der Waals surface area contributed by atoms with E-state index in [0.717, 1.165) is 0 Å². The van der Waals surface area contributed by atoms with Crippen molar-refractivity contribution in [3.8, 4) is 11.5 Å². The number of carbonyl (C=O) groups is 2. The van der Waals surface area contributed by atoms with Gasteiger partial charge in [0, 0.05) is 12.7 Å². The minimum Gasteiger partial charge on any atom is -0.493 e. The third-order valence-electron chi connectivity index (χ3n) is 2.59. The van der Waals surface area contributed by atoms with Crippen LogP contribution in [0.25, 0.3) is 0 Å². The highest BCUT2D eigenvalue weighted by molar-refractivity contribution is 5.94. The van der Waals surface area contributed by atoms with Crippen molar-refractivity contribution in [3.63, 3.8) is 0 Å². The highest BCUT2D eigenvalue weighted by atomic mass is 16.5. The first kappa shape index (κ1) is 15.9. The monoisotopic (exact) mass is 282 g/mol. The standard InChI is InChI=1S/C13H18N2O5/c1-8(16)9-4-5-10(11(6-9)19-3)20-12(7-18-2)13(17)15-14/h4-6,12H,7,14H2,1-3H3,(H,15,17). The third-order valence-corrected chi connectivity index (χ3v) is 2.59. The number of ether oxygens (including phenoxy) is 3. The van der Waals surface area contributed by atoms with E-state index in [-0.39, 0.29) is 12.4 Å². The van der Waals surface area contributed by atoms with Crippen molar-refractivity contribution in [3.05, 3.63) is 23.8 Å². The van der Waals surface area contributed by atoms with Crippen molar-refractivity contribution in [2.45, 2.75) is 13.0 Å². The van der Waals surface area contributed by atoms with E-state index in [4.69, 9.17) is 20.1 Å². The number of nitrogens with two attached hydrogens (primary N) is 1. The fourth-order valence-corrected chi connectivity index (χ4v) is 1.54. The van der Waals surface area contributed by atoms with Gasteiger partial charge in [-0.2, -0.15) is 0 Å². The van der Waals surface area contributed by atoms with Gasteiger partial charge in [-0.1, -0.05) is 0 Å². The van der Waals surface area contributed by atoms with Gasteiger partial charge >= 0.3 is 0 Å². The van der Waals surface area contributed by atoms with Crippen LogP contribution in [-0.4, -0.2) is 38.6 Å². The topological polar surface area (TPSA) is 99.9 Å². The van der Waals surface area contributed by atoms with Crippen LogP contribution in [0.1, 0.15) is 17.3 Å². The van der Waals surface area contributed by atoms with E-state index in [1.807, 2.05) is 5.43 Å². The second-order valence-electron chi connectivity index (χ2n) is 3.99. The Bertz CT molecular complexity index is 490. The van der Waals surface area contributed by atoms with Crippen LogP contribution >= 0.6 is 0 Å². The molecule has 1 amide bonds. The number of nitrogens with one attached hydrogen (secondary N) is 1. The molecule has 0 saturated heterocycles. The van der Waals surface area contributed by atoms with Crippen molar-refractivity contribution in [2.75, 3.05) is 20.8 Å². The second-order valence-corrected chi connectivity index (χ2v) is 3.99. The zero-order chi connectivity index (χ0) is 15.1. The zero-order valence-electron chi connectivity index (χ0n) is 11.6. The lowest BCUT2D eigenvalue weighted by Gasteiger charge is -2.18. The van der Waals surface area contributed by atoms with Gasteiger partial charge in [0.15, 0.2) is 17.3 Å². The fourth-order valence-electron chi connectivity index (χ4n) is 1.54. The molecule has 1 aromatic rings. The molecule has 0 aromatic heterocycles. The Morgan fingerprint density at radius 3 is 2.50 bits per heavy atom. The molecule has 110 valence electrons. The number of Topliss-reactive ketones (excluding diaryl/α,β-unsaturated/α-hetero) is 1. The third kappa shape index (κ3) is 3.94. The van der Waals surface area contributed by atoms with Gasteiger partial charge < -0.3 is 14.2 Å². The number of amides is 1. The van der Waals surface area contributed by atoms with Crippen molar-refractivity contribution in [1.82, 2.24) is 5.43 Å². The van der Waals surface area contributed by atoms with E-state index in [2.05, 4.69) is 0 Å². The maximum atomic E-state index is 11.5. The van der Waals surface area contributed by atoms with Crippen LogP contribution in [0.2, 0.25) is 0 Å². The molecule has 0 fully saturated rings. The van der Waals surface area contributed by atoms with Gasteiger partial charge in [0.05, 0.1) is 13.7 Å². The maximum absolute atomic E-state index is 11.5. The molecule has 0 saturated carbocycles. The lowest BCUT2D eigenvalue weighted by atomic mass is 10.1. The van der Waals surface area contributed by atoms with Crippen LogP contribution in [0.5, 0.6) is 11.5 Å². The van der Waals surface area contributed by atoms with E-state index in [9.17, 15) is 9.59 Å². The average molecular weight is 282 g/mol. The van der Waals surface area contributed by atoms with E-state index < -0.39 is 12.0 Å². The SMILES string of the molecule is COCC(Oc1ccc(C(C)=O)cc1OC)C(=O)NN. The van der Waals surface area contributed by atoms with Crippen molar-refractivity contribution < 1.29 is 23.8 Å². The summed E-state index contributed by atoms with van der Waals surface area (Å²) in [6.07, 6.45) is -0.915. The molecule has 0 aliphatic heterocycles. The summed E-state index contributed by atoms with van der Waals surface area (Å²) in [6.45, 7) is 1.48. The average Bonchev–Trinajstić information content (AvgIpc) is 2.45. The van der Waals surface area contributed by atoms with Crippen LogP contribution in [0, 0.1) is 0 Å².